The highest BCUT2D eigenvalue weighted by Gasteiger charge is 2.25. The van der Waals surface area contributed by atoms with E-state index in [-0.39, 0.29) is 11.6 Å². The first kappa shape index (κ1) is 12.4. The fourth-order valence-corrected chi connectivity index (χ4v) is 1.72. The fraction of sp³-hybridized carbons (Fsp3) is 0.333. The van der Waals surface area contributed by atoms with Gasteiger partial charge in [0.25, 0.3) is 0 Å². The van der Waals surface area contributed by atoms with Crippen molar-refractivity contribution in [1.29, 1.82) is 0 Å². The molecule has 0 saturated carbocycles. The number of ether oxygens (including phenoxy) is 1. The highest BCUT2D eigenvalue weighted by Crippen LogP contribution is 2.19. The Kier molecular flexibility index (Phi) is 3.47. The van der Waals surface area contributed by atoms with Gasteiger partial charge < -0.3 is 4.74 Å². The largest absolute Gasteiger partial charge is 0.405 e. The van der Waals surface area contributed by atoms with Gasteiger partial charge in [0.05, 0.1) is 0 Å². The third-order valence-electron chi connectivity index (χ3n) is 2.79. The average Bonchev–Trinajstić information content (AvgIpc) is 2.58. The number of aliphatic imine (C=N–C) groups is 1. The van der Waals surface area contributed by atoms with Gasteiger partial charge in [-0.3, -0.25) is 0 Å². The number of nitrogens with zero attached hydrogens (tertiary/aromatic N) is 1. The van der Waals surface area contributed by atoms with Gasteiger partial charge in [-0.2, -0.15) is 0 Å². The van der Waals surface area contributed by atoms with Gasteiger partial charge in [0.15, 0.2) is 0 Å². The summed E-state index contributed by atoms with van der Waals surface area (Å²) in [6.45, 7) is 7.79. The number of esters is 1. The zero-order valence-electron chi connectivity index (χ0n) is 10.6. The first-order valence-corrected chi connectivity index (χ1v) is 5.94. The van der Waals surface area contributed by atoms with Gasteiger partial charge in [0.1, 0.15) is 11.6 Å². The molecule has 0 spiro atoms. The number of rotatable bonds is 2. The van der Waals surface area contributed by atoms with Crippen molar-refractivity contribution in [2.45, 2.75) is 20.3 Å². The Morgan fingerprint density at radius 3 is 2.94 bits per heavy atom. The fourth-order valence-electron chi connectivity index (χ4n) is 1.72. The SMILES string of the molecule is C=C1N=C(C2C#CC/C=C(/C(C)C)C=C2)OC1=O. The molecule has 0 aromatic heterocycles. The second kappa shape index (κ2) is 5.05. The Balaban J connectivity index is 2.23. The van der Waals surface area contributed by atoms with Gasteiger partial charge in [0, 0.05) is 6.42 Å². The van der Waals surface area contributed by atoms with Crippen LogP contribution in [0.1, 0.15) is 20.3 Å². The molecule has 0 aromatic carbocycles. The first-order valence-electron chi connectivity index (χ1n) is 5.94. The molecular formula is C15H15NO2. The van der Waals surface area contributed by atoms with Gasteiger partial charge in [-0.15, -0.1) is 0 Å². The summed E-state index contributed by atoms with van der Waals surface area (Å²) >= 11 is 0. The van der Waals surface area contributed by atoms with Crippen LogP contribution >= 0.6 is 0 Å². The van der Waals surface area contributed by atoms with Gasteiger partial charge in [-0.1, -0.05) is 50.5 Å². The number of hydrogen-bond donors (Lipinski definition) is 0. The Hall–Kier alpha value is -2.08. The standard InChI is InChI=1S/C15H15NO2/c1-10(2)12-6-4-5-7-13(9-8-12)14-16-11(3)15(17)18-14/h6,8-10,13H,3-4H2,1-2H3/b9-8?,12-6+. The molecule has 0 amide bonds. The number of cyclic esters (lactones) is 1. The quantitative estimate of drug-likeness (QED) is 0.423. The maximum absolute atomic E-state index is 11.2. The van der Waals surface area contributed by atoms with E-state index in [0.717, 1.165) is 0 Å². The highest BCUT2D eigenvalue weighted by atomic mass is 16.6. The first-order chi connectivity index (χ1) is 8.58. The monoisotopic (exact) mass is 241 g/mol. The van der Waals surface area contributed by atoms with Crippen molar-refractivity contribution < 1.29 is 9.53 Å². The summed E-state index contributed by atoms with van der Waals surface area (Å²) in [5.41, 5.74) is 1.37. The third kappa shape index (κ3) is 2.60. The second-order valence-corrected chi connectivity index (χ2v) is 4.51. The maximum Gasteiger partial charge on any atom is 0.362 e. The topological polar surface area (TPSA) is 38.7 Å². The van der Waals surface area contributed by atoms with Crippen molar-refractivity contribution in [2.75, 3.05) is 0 Å². The van der Waals surface area contributed by atoms with Gasteiger partial charge in [-0.25, -0.2) is 9.79 Å². The van der Waals surface area contributed by atoms with Crippen LogP contribution in [0.15, 0.2) is 41.1 Å². The van der Waals surface area contributed by atoms with E-state index in [1.165, 1.54) is 5.57 Å². The molecule has 0 N–H and O–H groups in total. The molecule has 0 bridgehead atoms. The summed E-state index contributed by atoms with van der Waals surface area (Å²) in [4.78, 5) is 15.2. The lowest BCUT2D eigenvalue weighted by Gasteiger charge is -2.09. The molecule has 0 fully saturated rings. The summed E-state index contributed by atoms with van der Waals surface area (Å²) in [5.74, 6) is 6.11. The van der Waals surface area contributed by atoms with E-state index in [0.29, 0.717) is 18.2 Å². The molecule has 1 aliphatic carbocycles. The summed E-state index contributed by atoms with van der Waals surface area (Å²) in [6, 6.07) is 0. The van der Waals surface area contributed by atoms with E-state index >= 15 is 0 Å². The van der Waals surface area contributed by atoms with Crippen LogP contribution in [0.25, 0.3) is 0 Å². The average molecular weight is 241 g/mol. The zero-order chi connectivity index (χ0) is 13.1. The second-order valence-electron chi connectivity index (χ2n) is 4.51. The maximum atomic E-state index is 11.2. The Labute approximate surface area is 107 Å². The molecule has 1 atom stereocenters. The molecule has 1 aliphatic heterocycles. The smallest absolute Gasteiger partial charge is 0.362 e. The van der Waals surface area contributed by atoms with Crippen LogP contribution in [0.2, 0.25) is 0 Å². The number of carbonyl (C=O) groups is 1. The molecule has 0 saturated heterocycles. The summed E-state index contributed by atoms with van der Waals surface area (Å²) in [7, 11) is 0. The van der Waals surface area contributed by atoms with Crippen LogP contribution in [-0.2, 0) is 9.53 Å². The molecule has 0 aromatic rings. The lowest BCUT2D eigenvalue weighted by Crippen LogP contribution is -2.13. The van der Waals surface area contributed by atoms with Crippen molar-refractivity contribution in [3.63, 3.8) is 0 Å². The number of hydrogen-bond acceptors (Lipinski definition) is 3. The van der Waals surface area contributed by atoms with Gasteiger partial charge >= 0.3 is 5.97 Å². The van der Waals surface area contributed by atoms with Crippen LogP contribution in [0.5, 0.6) is 0 Å². The van der Waals surface area contributed by atoms with Gasteiger partial charge in [-0.05, 0) is 11.5 Å². The number of carbonyl (C=O) groups excluding carboxylic acids is 1. The van der Waals surface area contributed by atoms with Crippen molar-refractivity contribution in [3.05, 3.63) is 36.1 Å². The minimum absolute atomic E-state index is 0.141. The predicted molar refractivity (Wildman–Crippen MR) is 70.6 cm³/mol. The molecular weight excluding hydrogens is 226 g/mol. The minimum atomic E-state index is -0.484. The van der Waals surface area contributed by atoms with E-state index in [9.17, 15) is 4.79 Å². The van der Waals surface area contributed by atoms with Crippen LogP contribution in [0, 0.1) is 23.7 Å². The van der Waals surface area contributed by atoms with Crippen LogP contribution in [-0.4, -0.2) is 11.9 Å². The molecule has 3 nitrogen and oxygen atoms in total. The Morgan fingerprint density at radius 2 is 2.33 bits per heavy atom. The van der Waals surface area contributed by atoms with Crippen molar-refractivity contribution in [3.8, 4) is 11.8 Å². The molecule has 0 radical (unpaired) electrons. The van der Waals surface area contributed by atoms with E-state index in [1.54, 1.807) is 0 Å². The van der Waals surface area contributed by atoms with E-state index < -0.39 is 5.97 Å². The normalized spacial score (nSPS) is 25.6. The lowest BCUT2D eigenvalue weighted by molar-refractivity contribution is -0.130. The van der Waals surface area contributed by atoms with Crippen molar-refractivity contribution in [2.24, 2.45) is 16.8 Å². The van der Waals surface area contributed by atoms with Crippen LogP contribution in [0.3, 0.4) is 0 Å². The highest BCUT2D eigenvalue weighted by molar-refractivity contribution is 6.06. The van der Waals surface area contributed by atoms with E-state index in [2.05, 4.69) is 43.3 Å². The van der Waals surface area contributed by atoms with E-state index in [1.807, 2.05) is 12.2 Å². The predicted octanol–water partition coefficient (Wildman–Crippen LogP) is 2.62. The molecule has 1 heterocycles. The zero-order valence-corrected chi connectivity index (χ0v) is 10.6. The molecule has 1 unspecified atom stereocenters. The van der Waals surface area contributed by atoms with Crippen LogP contribution < -0.4 is 0 Å². The molecule has 2 aliphatic rings. The van der Waals surface area contributed by atoms with E-state index in [4.69, 9.17) is 4.74 Å². The minimum Gasteiger partial charge on any atom is -0.405 e. The third-order valence-corrected chi connectivity index (χ3v) is 2.79. The molecule has 18 heavy (non-hydrogen) atoms. The molecule has 3 heteroatoms. The summed E-state index contributed by atoms with van der Waals surface area (Å²) in [5, 5.41) is 0. The molecule has 2 rings (SSSR count). The van der Waals surface area contributed by atoms with Crippen molar-refractivity contribution >= 4 is 11.9 Å². The van der Waals surface area contributed by atoms with Crippen molar-refractivity contribution in [1.82, 2.24) is 0 Å². The molecule has 92 valence electrons. The Bertz CT molecular complexity index is 539. The van der Waals surface area contributed by atoms with Crippen LogP contribution in [0.4, 0.5) is 0 Å². The number of allylic oxidation sites excluding steroid dienone is 3. The summed E-state index contributed by atoms with van der Waals surface area (Å²) in [6.07, 6.45) is 6.77. The summed E-state index contributed by atoms with van der Waals surface area (Å²) < 4.78 is 5.04. The Morgan fingerprint density at radius 1 is 1.56 bits per heavy atom. The van der Waals surface area contributed by atoms with Gasteiger partial charge in [0.2, 0.25) is 5.90 Å². The lowest BCUT2D eigenvalue weighted by atomic mass is 9.97.